The Morgan fingerprint density at radius 3 is 2.41 bits per heavy atom. The second-order valence-corrected chi connectivity index (χ2v) is 7.00. The maximum absolute atomic E-state index is 12.5. The summed E-state index contributed by atoms with van der Waals surface area (Å²) in [6.07, 6.45) is 7.62. The van der Waals surface area contributed by atoms with Gasteiger partial charge >= 0.3 is 0 Å². The lowest BCUT2D eigenvalue weighted by atomic mass is 9.93. The average Bonchev–Trinajstić information content (AvgIpc) is 3.19. The van der Waals surface area contributed by atoms with Gasteiger partial charge in [0.2, 0.25) is 0 Å². The first kappa shape index (κ1) is 14.0. The molecule has 2 bridgehead atoms. The van der Waals surface area contributed by atoms with Gasteiger partial charge in [0.25, 0.3) is 5.91 Å². The number of allylic oxidation sites excluding steroid dienone is 2. The fourth-order valence-electron chi connectivity index (χ4n) is 4.33. The Morgan fingerprint density at radius 2 is 1.77 bits per heavy atom. The first-order valence-electron chi connectivity index (χ1n) is 8.54. The molecule has 1 heterocycles. The minimum Gasteiger partial charge on any atom is -0.336 e. The quantitative estimate of drug-likeness (QED) is 0.801. The van der Waals surface area contributed by atoms with Crippen LogP contribution in [0.4, 0.5) is 0 Å². The van der Waals surface area contributed by atoms with Gasteiger partial charge in [-0.25, -0.2) is 0 Å². The van der Waals surface area contributed by atoms with Crippen molar-refractivity contribution in [2.45, 2.75) is 12.8 Å². The first-order valence-corrected chi connectivity index (χ1v) is 8.54. The van der Waals surface area contributed by atoms with E-state index in [4.69, 9.17) is 0 Å². The molecular formula is C19H24N2O. The van der Waals surface area contributed by atoms with E-state index in [2.05, 4.69) is 17.1 Å². The molecule has 3 atom stereocenters. The summed E-state index contributed by atoms with van der Waals surface area (Å²) in [7, 11) is 0. The zero-order chi connectivity index (χ0) is 14.9. The molecule has 1 aliphatic heterocycles. The molecule has 0 aromatic heterocycles. The minimum absolute atomic E-state index is 0.183. The van der Waals surface area contributed by atoms with Crippen molar-refractivity contribution in [3.8, 4) is 0 Å². The molecule has 4 rings (SSSR count). The van der Waals surface area contributed by atoms with Gasteiger partial charge in [0.05, 0.1) is 0 Å². The number of amides is 1. The summed E-state index contributed by atoms with van der Waals surface area (Å²) in [5.41, 5.74) is 0.814. The highest BCUT2D eigenvalue weighted by atomic mass is 16.2. The van der Waals surface area contributed by atoms with Gasteiger partial charge in [0.15, 0.2) is 0 Å². The number of rotatable bonds is 3. The van der Waals surface area contributed by atoms with Crippen molar-refractivity contribution >= 4 is 5.91 Å². The van der Waals surface area contributed by atoms with Crippen LogP contribution in [0.3, 0.4) is 0 Å². The lowest BCUT2D eigenvalue weighted by Gasteiger charge is -2.37. The van der Waals surface area contributed by atoms with E-state index >= 15 is 0 Å². The summed E-state index contributed by atoms with van der Waals surface area (Å²) in [6.45, 7) is 5.00. The van der Waals surface area contributed by atoms with E-state index in [-0.39, 0.29) is 5.91 Å². The number of piperazine rings is 1. The van der Waals surface area contributed by atoms with Crippen molar-refractivity contribution in [2.75, 3.05) is 32.7 Å². The Morgan fingerprint density at radius 1 is 1.00 bits per heavy atom. The van der Waals surface area contributed by atoms with Crippen LogP contribution in [-0.4, -0.2) is 48.4 Å². The zero-order valence-electron chi connectivity index (χ0n) is 13.0. The van der Waals surface area contributed by atoms with Gasteiger partial charge in [-0.15, -0.1) is 0 Å². The highest BCUT2D eigenvalue weighted by Crippen LogP contribution is 2.43. The van der Waals surface area contributed by atoms with E-state index < -0.39 is 0 Å². The van der Waals surface area contributed by atoms with Crippen LogP contribution >= 0.6 is 0 Å². The van der Waals surface area contributed by atoms with Gasteiger partial charge in [0, 0.05) is 38.3 Å². The molecule has 0 radical (unpaired) electrons. The molecule has 22 heavy (non-hydrogen) atoms. The first-order chi connectivity index (χ1) is 10.8. The molecule has 1 aromatic rings. The number of hydrogen-bond donors (Lipinski definition) is 0. The number of carbonyl (C=O) groups excluding carboxylic acids is 1. The van der Waals surface area contributed by atoms with Gasteiger partial charge in [-0.1, -0.05) is 30.4 Å². The van der Waals surface area contributed by atoms with E-state index in [0.717, 1.165) is 49.5 Å². The summed E-state index contributed by atoms with van der Waals surface area (Å²) in [4.78, 5) is 17.0. The van der Waals surface area contributed by atoms with Gasteiger partial charge < -0.3 is 4.90 Å². The second kappa shape index (κ2) is 5.88. The summed E-state index contributed by atoms with van der Waals surface area (Å²) in [5, 5.41) is 0. The lowest BCUT2D eigenvalue weighted by Crippen LogP contribution is -2.50. The van der Waals surface area contributed by atoms with Crippen molar-refractivity contribution < 1.29 is 4.79 Å². The normalized spacial score (nSPS) is 30.9. The average molecular weight is 296 g/mol. The van der Waals surface area contributed by atoms with E-state index in [9.17, 15) is 4.79 Å². The summed E-state index contributed by atoms with van der Waals surface area (Å²) >= 11 is 0. The third-order valence-electron chi connectivity index (χ3n) is 5.59. The fraction of sp³-hybridized carbons (Fsp3) is 0.526. The van der Waals surface area contributed by atoms with Gasteiger partial charge in [-0.3, -0.25) is 9.69 Å². The fourth-order valence-corrected chi connectivity index (χ4v) is 4.33. The lowest BCUT2D eigenvalue weighted by molar-refractivity contribution is 0.0610. The van der Waals surface area contributed by atoms with Crippen molar-refractivity contribution in [3.63, 3.8) is 0 Å². The number of nitrogens with zero attached hydrogens (tertiary/aromatic N) is 2. The van der Waals surface area contributed by atoms with Crippen LogP contribution in [-0.2, 0) is 0 Å². The SMILES string of the molecule is O=C(c1ccccc1)N1CCN(C[C@@H]2C[C@H]3C=C[C@H]2C3)CC1. The van der Waals surface area contributed by atoms with E-state index in [1.54, 1.807) is 0 Å². The maximum Gasteiger partial charge on any atom is 0.253 e. The Hall–Kier alpha value is -1.61. The Bertz CT molecular complexity index is 560. The third-order valence-corrected chi connectivity index (χ3v) is 5.59. The molecule has 0 spiro atoms. The van der Waals surface area contributed by atoms with Gasteiger partial charge in [-0.2, -0.15) is 0 Å². The van der Waals surface area contributed by atoms with E-state index in [0.29, 0.717) is 0 Å². The Labute approximate surface area is 132 Å². The summed E-state index contributed by atoms with van der Waals surface area (Å²) < 4.78 is 0. The van der Waals surface area contributed by atoms with Crippen molar-refractivity contribution in [1.29, 1.82) is 0 Å². The number of benzene rings is 1. The topological polar surface area (TPSA) is 23.6 Å². The van der Waals surface area contributed by atoms with E-state index in [1.165, 1.54) is 19.4 Å². The van der Waals surface area contributed by atoms with Crippen LogP contribution < -0.4 is 0 Å². The third kappa shape index (κ3) is 2.70. The highest BCUT2D eigenvalue weighted by Gasteiger charge is 2.36. The molecule has 0 N–H and O–H groups in total. The minimum atomic E-state index is 0.183. The molecule has 1 aromatic carbocycles. The molecule has 1 saturated carbocycles. The molecule has 0 unspecified atom stereocenters. The van der Waals surface area contributed by atoms with Crippen LogP contribution in [0.5, 0.6) is 0 Å². The Balaban J connectivity index is 1.29. The molecular weight excluding hydrogens is 272 g/mol. The molecule has 2 aliphatic carbocycles. The van der Waals surface area contributed by atoms with Crippen LogP contribution in [0.15, 0.2) is 42.5 Å². The second-order valence-electron chi connectivity index (χ2n) is 7.00. The van der Waals surface area contributed by atoms with Crippen molar-refractivity contribution in [3.05, 3.63) is 48.0 Å². The van der Waals surface area contributed by atoms with Gasteiger partial charge in [0.1, 0.15) is 0 Å². The highest BCUT2D eigenvalue weighted by molar-refractivity contribution is 5.94. The van der Waals surface area contributed by atoms with Gasteiger partial charge in [-0.05, 0) is 42.7 Å². The Kier molecular flexibility index (Phi) is 3.75. The molecule has 1 saturated heterocycles. The maximum atomic E-state index is 12.5. The predicted molar refractivity (Wildman–Crippen MR) is 87.6 cm³/mol. The van der Waals surface area contributed by atoms with E-state index in [1.807, 2.05) is 35.2 Å². The number of hydrogen-bond acceptors (Lipinski definition) is 2. The molecule has 116 valence electrons. The largest absolute Gasteiger partial charge is 0.336 e. The number of fused-ring (bicyclic) bond motifs is 2. The van der Waals surface area contributed by atoms with Crippen LogP contribution in [0.2, 0.25) is 0 Å². The predicted octanol–water partition coefficient (Wildman–Crippen LogP) is 2.66. The van der Waals surface area contributed by atoms with Crippen LogP contribution in [0.25, 0.3) is 0 Å². The molecule has 3 heteroatoms. The van der Waals surface area contributed by atoms with Crippen molar-refractivity contribution in [1.82, 2.24) is 9.80 Å². The molecule has 1 amide bonds. The van der Waals surface area contributed by atoms with Crippen LogP contribution in [0, 0.1) is 17.8 Å². The zero-order valence-corrected chi connectivity index (χ0v) is 13.0. The van der Waals surface area contributed by atoms with Crippen molar-refractivity contribution in [2.24, 2.45) is 17.8 Å². The standard InChI is InChI=1S/C19H24N2O/c22-19(16-4-2-1-3-5-16)21-10-8-20(9-11-21)14-18-13-15-6-7-17(18)12-15/h1-7,15,17-18H,8-14H2/t15-,17-,18-/m0/s1. The smallest absolute Gasteiger partial charge is 0.253 e. The monoisotopic (exact) mass is 296 g/mol. The summed E-state index contributed by atoms with van der Waals surface area (Å²) in [5.74, 6) is 2.72. The molecule has 2 fully saturated rings. The molecule has 3 aliphatic rings. The molecule has 3 nitrogen and oxygen atoms in total. The van der Waals surface area contributed by atoms with Crippen LogP contribution in [0.1, 0.15) is 23.2 Å². The number of carbonyl (C=O) groups is 1. The summed E-state index contributed by atoms with van der Waals surface area (Å²) in [6, 6.07) is 9.66.